The van der Waals surface area contributed by atoms with Crippen LogP contribution >= 0.6 is 11.6 Å². The maximum absolute atomic E-state index is 14.3. The monoisotopic (exact) mass is 516 g/mol. The van der Waals surface area contributed by atoms with E-state index in [2.05, 4.69) is 13.2 Å². The van der Waals surface area contributed by atoms with Crippen LogP contribution < -0.4 is 4.90 Å². The second-order valence-corrected chi connectivity index (χ2v) is 9.89. The lowest BCUT2D eigenvalue weighted by Gasteiger charge is -2.39. The Kier molecular flexibility index (Phi) is 7.87. The third-order valence-electron chi connectivity index (χ3n) is 7.61. The second kappa shape index (κ2) is 10.7. The van der Waals surface area contributed by atoms with Gasteiger partial charge < -0.3 is 24.4 Å². The Bertz CT molecular complexity index is 1040. The predicted molar refractivity (Wildman–Crippen MR) is 135 cm³/mol. The van der Waals surface area contributed by atoms with E-state index in [0.717, 1.165) is 0 Å². The molecule has 9 heteroatoms. The molecule has 0 saturated carbocycles. The van der Waals surface area contributed by atoms with Crippen molar-refractivity contribution in [3.63, 3.8) is 0 Å². The number of halogens is 1. The van der Waals surface area contributed by atoms with Gasteiger partial charge in [-0.15, -0.1) is 13.2 Å². The van der Waals surface area contributed by atoms with Crippen LogP contribution in [0.2, 0.25) is 5.02 Å². The van der Waals surface area contributed by atoms with Crippen LogP contribution in [0.5, 0.6) is 0 Å². The molecular formula is C27H33ClN2O6. The number of likely N-dealkylation sites (tertiary alicyclic amines) is 1. The smallest absolute Gasteiger partial charge is 0.312 e. The lowest BCUT2D eigenvalue weighted by atomic mass is 9.70. The number of carbonyl (C=O) groups is 3. The zero-order valence-corrected chi connectivity index (χ0v) is 21.2. The number of amides is 2. The summed E-state index contributed by atoms with van der Waals surface area (Å²) in [5, 5.41) is 10.5. The number of hydrogen-bond donors (Lipinski definition) is 1. The van der Waals surface area contributed by atoms with Gasteiger partial charge in [-0.2, -0.15) is 0 Å². The van der Waals surface area contributed by atoms with Crippen LogP contribution in [0.3, 0.4) is 0 Å². The number of aliphatic hydroxyl groups is 1. The molecule has 0 radical (unpaired) electrons. The van der Waals surface area contributed by atoms with Gasteiger partial charge in [-0.05, 0) is 37.8 Å². The van der Waals surface area contributed by atoms with E-state index in [4.69, 9.17) is 21.1 Å². The Labute approximate surface area is 216 Å². The molecule has 4 rings (SSSR count). The van der Waals surface area contributed by atoms with Gasteiger partial charge >= 0.3 is 5.97 Å². The summed E-state index contributed by atoms with van der Waals surface area (Å²) in [6.45, 7) is 9.28. The maximum atomic E-state index is 14.3. The fourth-order valence-corrected chi connectivity index (χ4v) is 6.28. The van der Waals surface area contributed by atoms with E-state index in [0.29, 0.717) is 36.4 Å². The van der Waals surface area contributed by atoms with Crippen LogP contribution in [0, 0.1) is 11.8 Å². The molecule has 194 valence electrons. The number of para-hydroxylation sites is 1. The molecule has 3 aliphatic rings. The quantitative estimate of drug-likeness (QED) is 0.276. The second-order valence-electron chi connectivity index (χ2n) is 9.48. The minimum absolute atomic E-state index is 0.161. The Morgan fingerprint density at radius 1 is 1.36 bits per heavy atom. The van der Waals surface area contributed by atoms with E-state index in [1.54, 1.807) is 36.4 Å². The van der Waals surface area contributed by atoms with Crippen molar-refractivity contribution in [2.75, 3.05) is 24.7 Å². The molecule has 6 atom stereocenters. The third-order valence-corrected chi connectivity index (χ3v) is 7.93. The fourth-order valence-electron chi connectivity index (χ4n) is 6.04. The van der Waals surface area contributed by atoms with Gasteiger partial charge in [-0.3, -0.25) is 14.4 Å². The molecule has 1 aromatic carbocycles. The van der Waals surface area contributed by atoms with Crippen molar-refractivity contribution in [3.8, 4) is 0 Å². The molecule has 8 nitrogen and oxygen atoms in total. The molecule has 3 fully saturated rings. The Hall–Kier alpha value is -2.68. The van der Waals surface area contributed by atoms with E-state index < -0.39 is 41.6 Å². The number of carbonyl (C=O) groups excluding carboxylic acids is 3. The van der Waals surface area contributed by atoms with Gasteiger partial charge in [0.15, 0.2) is 0 Å². The minimum Gasteiger partial charge on any atom is -0.465 e. The van der Waals surface area contributed by atoms with Crippen molar-refractivity contribution in [1.82, 2.24) is 4.90 Å². The number of hydrogen-bond acceptors (Lipinski definition) is 6. The SMILES string of the molecule is C=CCCOC(=O)[C@@H]1[C@H]2C(=O)N([C@@H](CC)CO)C(C(=O)N(CC=C)c3ccccc3Cl)C23CC[C@H]1O3. The van der Waals surface area contributed by atoms with Crippen molar-refractivity contribution in [2.24, 2.45) is 11.8 Å². The van der Waals surface area contributed by atoms with Crippen molar-refractivity contribution in [1.29, 1.82) is 0 Å². The van der Waals surface area contributed by atoms with Crippen LogP contribution in [0.1, 0.15) is 32.6 Å². The fraction of sp³-hybridized carbons (Fsp3) is 0.519. The third kappa shape index (κ3) is 4.15. The van der Waals surface area contributed by atoms with Crippen molar-refractivity contribution in [3.05, 3.63) is 54.6 Å². The first-order valence-corrected chi connectivity index (χ1v) is 12.8. The van der Waals surface area contributed by atoms with Gasteiger partial charge in [0.1, 0.15) is 11.6 Å². The predicted octanol–water partition coefficient (Wildman–Crippen LogP) is 3.12. The summed E-state index contributed by atoms with van der Waals surface area (Å²) >= 11 is 6.45. The highest BCUT2D eigenvalue weighted by Crippen LogP contribution is 2.59. The molecule has 2 unspecified atom stereocenters. The Morgan fingerprint density at radius 3 is 2.75 bits per heavy atom. The summed E-state index contributed by atoms with van der Waals surface area (Å²) in [6, 6.07) is 5.33. The van der Waals surface area contributed by atoms with Gasteiger partial charge in [0.05, 0.1) is 47.9 Å². The van der Waals surface area contributed by atoms with E-state index in [9.17, 15) is 19.5 Å². The van der Waals surface area contributed by atoms with Crippen LogP contribution in [0.25, 0.3) is 0 Å². The summed E-state index contributed by atoms with van der Waals surface area (Å²) in [5.41, 5.74) is -0.703. The van der Waals surface area contributed by atoms with Crippen molar-refractivity contribution < 1.29 is 29.0 Å². The Balaban J connectivity index is 1.78. The average Bonchev–Trinajstić information content (AvgIpc) is 3.51. The lowest BCUT2D eigenvalue weighted by molar-refractivity contribution is -0.155. The number of ether oxygens (including phenoxy) is 2. The van der Waals surface area contributed by atoms with E-state index in [1.807, 2.05) is 6.92 Å². The number of rotatable bonds is 11. The number of benzene rings is 1. The van der Waals surface area contributed by atoms with Gasteiger partial charge in [0, 0.05) is 6.54 Å². The zero-order chi connectivity index (χ0) is 26.0. The molecule has 1 N–H and O–H groups in total. The number of fused-ring (bicyclic) bond motifs is 1. The molecule has 1 aromatic rings. The van der Waals surface area contributed by atoms with Gasteiger partial charge in [0.2, 0.25) is 5.91 Å². The largest absolute Gasteiger partial charge is 0.465 e. The van der Waals surface area contributed by atoms with Crippen LogP contribution in [0.15, 0.2) is 49.6 Å². The van der Waals surface area contributed by atoms with Crippen molar-refractivity contribution in [2.45, 2.75) is 56.4 Å². The summed E-state index contributed by atoms with van der Waals surface area (Å²) < 4.78 is 11.9. The molecule has 0 aliphatic carbocycles. The molecule has 36 heavy (non-hydrogen) atoms. The molecule has 3 heterocycles. The summed E-state index contributed by atoms with van der Waals surface area (Å²) in [4.78, 5) is 44.3. The van der Waals surface area contributed by atoms with E-state index >= 15 is 0 Å². The normalized spacial score (nSPS) is 29.1. The van der Waals surface area contributed by atoms with Gasteiger partial charge in [0.25, 0.3) is 5.91 Å². The molecule has 2 amide bonds. The summed E-state index contributed by atoms with van der Waals surface area (Å²) in [5.74, 6) is -2.91. The minimum atomic E-state index is -1.19. The maximum Gasteiger partial charge on any atom is 0.312 e. The van der Waals surface area contributed by atoms with E-state index in [-0.39, 0.29) is 31.6 Å². The van der Waals surface area contributed by atoms with E-state index in [1.165, 1.54) is 9.80 Å². The molecular weight excluding hydrogens is 484 g/mol. The highest BCUT2D eigenvalue weighted by molar-refractivity contribution is 6.34. The average molecular weight is 517 g/mol. The zero-order valence-electron chi connectivity index (χ0n) is 20.5. The summed E-state index contributed by atoms with van der Waals surface area (Å²) in [7, 11) is 0. The molecule has 3 saturated heterocycles. The molecule has 3 aliphatic heterocycles. The molecule has 0 aromatic heterocycles. The first-order chi connectivity index (χ1) is 17.4. The van der Waals surface area contributed by atoms with Gasteiger partial charge in [-0.1, -0.05) is 42.8 Å². The molecule has 1 spiro atoms. The van der Waals surface area contributed by atoms with Gasteiger partial charge in [-0.25, -0.2) is 0 Å². The first-order valence-electron chi connectivity index (χ1n) is 12.4. The van der Waals surface area contributed by atoms with Crippen molar-refractivity contribution >= 4 is 35.1 Å². The highest BCUT2D eigenvalue weighted by Gasteiger charge is 2.75. The van der Waals surface area contributed by atoms with Crippen LogP contribution in [0.4, 0.5) is 5.69 Å². The van der Waals surface area contributed by atoms with Crippen LogP contribution in [-0.4, -0.2) is 71.3 Å². The highest BCUT2D eigenvalue weighted by atomic mass is 35.5. The first kappa shape index (κ1) is 26.4. The number of nitrogens with zero attached hydrogens (tertiary/aromatic N) is 2. The topological polar surface area (TPSA) is 96.4 Å². The standard InChI is InChI=1S/C27H33ClN2O6/c1-4-7-15-35-26(34)21-20-12-13-27(36-20)22(21)24(32)30(17(6-3)16-31)23(27)25(33)29(14-5-2)19-11-9-8-10-18(19)28/h4-5,8-11,17,20-23,31H,1-2,6-7,12-16H2,3H3/t17-,20+,21-,22-,23?,27?/m0/s1. The summed E-state index contributed by atoms with van der Waals surface area (Å²) in [6.07, 6.45) is 4.65. The lowest BCUT2D eigenvalue weighted by Crippen LogP contribution is -2.59. The van der Waals surface area contributed by atoms with Crippen LogP contribution in [-0.2, 0) is 23.9 Å². The Morgan fingerprint density at radius 2 is 2.11 bits per heavy atom. The number of anilines is 1. The molecule has 2 bridgehead atoms. The number of esters is 1. The number of aliphatic hydroxyl groups excluding tert-OH is 1.